The van der Waals surface area contributed by atoms with Crippen LogP contribution in [-0.4, -0.2) is 29.6 Å². The van der Waals surface area contributed by atoms with E-state index in [1.807, 2.05) is 48.5 Å². The number of para-hydroxylation sites is 2. The molecule has 2 heterocycles. The summed E-state index contributed by atoms with van der Waals surface area (Å²) in [4.78, 5) is 28.0. The molecule has 4 rings (SSSR count). The molecule has 3 aromatic rings. The molecule has 1 aromatic heterocycles. The van der Waals surface area contributed by atoms with Gasteiger partial charge in [0, 0.05) is 29.1 Å². The van der Waals surface area contributed by atoms with Crippen molar-refractivity contribution >= 4 is 22.8 Å². The van der Waals surface area contributed by atoms with Gasteiger partial charge in [0.15, 0.2) is 6.10 Å². The van der Waals surface area contributed by atoms with Gasteiger partial charge in [-0.25, -0.2) is 0 Å². The number of esters is 1. The molecule has 0 saturated heterocycles. The summed E-state index contributed by atoms with van der Waals surface area (Å²) in [5.74, 6) is 0.0387. The predicted molar refractivity (Wildman–Crippen MR) is 105 cm³/mol. The Kier molecular flexibility index (Phi) is 5.02. The van der Waals surface area contributed by atoms with Gasteiger partial charge in [0.2, 0.25) is 0 Å². The van der Waals surface area contributed by atoms with Gasteiger partial charge in [0.05, 0.1) is 19.1 Å². The number of aromatic amines is 1. The molecular formula is C22H22N2O4. The van der Waals surface area contributed by atoms with Crippen LogP contribution in [0.3, 0.4) is 0 Å². The van der Waals surface area contributed by atoms with Crippen molar-refractivity contribution in [3.8, 4) is 5.75 Å². The van der Waals surface area contributed by atoms with E-state index < -0.39 is 12.1 Å². The molecule has 6 heteroatoms. The molecule has 0 saturated carbocycles. The Morgan fingerprint density at radius 2 is 2.00 bits per heavy atom. The average molecular weight is 378 g/mol. The minimum Gasteiger partial charge on any atom is -0.493 e. The number of hydrogen-bond acceptors (Lipinski definition) is 4. The fourth-order valence-electron chi connectivity index (χ4n) is 3.51. The lowest BCUT2D eigenvalue weighted by atomic mass is 10.0. The van der Waals surface area contributed by atoms with Crippen LogP contribution in [0.25, 0.3) is 10.9 Å². The quantitative estimate of drug-likeness (QED) is 0.668. The van der Waals surface area contributed by atoms with Crippen LogP contribution >= 0.6 is 0 Å². The first-order chi connectivity index (χ1) is 13.6. The van der Waals surface area contributed by atoms with Crippen molar-refractivity contribution in [3.05, 3.63) is 65.9 Å². The van der Waals surface area contributed by atoms with E-state index in [0.717, 1.165) is 27.8 Å². The Hall–Kier alpha value is -3.28. The second kappa shape index (κ2) is 7.76. The monoisotopic (exact) mass is 378 g/mol. The molecular weight excluding hydrogens is 356 g/mol. The van der Waals surface area contributed by atoms with Gasteiger partial charge >= 0.3 is 5.97 Å². The van der Waals surface area contributed by atoms with Gasteiger partial charge in [-0.05, 0) is 24.6 Å². The third-order valence-corrected chi connectivity index (χ3v) is 4.96. The molecule has 2 aromatic carbocycles. The van der Waals surface area contributed by atoms with Gasteiger partial charge < -0.3 is 19.8 Å². The molecule has 0 bridgehead atoms. The topological polar surface area (TPSA) is 80.4 Å². The maximum atomic E-state index is 12.5. The average Bonchev–Trinajstić information content (AvgIpc) is 3.11. The fraction of sp³-hybridized carbons (Fsp3) is 0.273. The highest BCUT2D eigenvalue weighted by Crippen LogP contribution is 2.31. The van der Waals surface area contributed by atoms with Crippen LogP contribution in [0.4, 0.5) is 0 Å². The van der Waals surface area contributed by atoms with Crippen molar-refractivity contribution in [3.63, 3.8) is 0 Å². The smallest absolute Gasteiger partial charge is 0.311 e. The van der Waals surface area contributed by atoms with Crippen molar-refractivity contribution in [2.24, 2.45) is 0 Å². The van der Waals surface area contributed by atoms with Gasteiger partial charge in [-0.15, -0.1) is 0 Å². The van der Waals surface area contributed by atoms with Crippen LogP contribution in [0.15, 0.2) is 54.7 Å². The van der Waals surface area contributed by atoms with Crippen LogP contribution in [-0.2, 0) is 20.7 Å². The van der Waals surface area contributed by atoms with E-state index in [1.165, 1.54) is 0 Å². The molecule has 1 aliphatic heterocycles. The molecule has 1 amide bonds. The third kappa shape index (κ3) is 3.71. The molecule has 0 spiro atoms. The maximum absolute atomic E-state index is 12.5. The molecule has 2 atom stereocenters. The summed E-state index contributed by atoms with van der Waals surface area (Å²) in [7, 11) is 0. The molecule has 1 aliphatic rings. The largest absolute Gasteiger partial charge is 0.493 e. The number of rotatable bonds is 5. The first kappa shape index (κ1) is 18.1. The Morgan fingerprint density at radius 1 is 1.21 bits per heavy atom. The second-order valence-corrected chi connectivity index (χ2v) is 6.90. The zero-order valence-electron chi connectivity index (χ0n) is 15.6. The first-order valence-corrected chi connectivity index (χ1v) is 9.38. The Morgan fingerprint density at radius 3 is 2.89 bits per heavy atom. The van der Waals surface area contributed by atoms with Crippen molar-refractivity contribution in [2.45, 2.75) is 31.9 Å². The van der Waals surface area contributed by atoms with Crippen LogP contribution in [0.5, 0.6) is 5.75 Å². The minimum atomic E-state index is -0.868. The lowest BCUT2D eigenvalue weighted by Gasteiger charge is -2.27. The van der Waals surface area contributed by atoms with E-state index in [2.05, 4.69) is 10.3 Å². The van der Waals surface area contributed by atoms with Crippen LogP contribution < -0.4 is 10.1 Å². The van der Waals surface area contributed by atoms with Gasteiger partial charge in [-0.2, -0.15) is 0 Å². The number of H-pyrrole nitrogens is 1. The van der Waals surface area contributed by atoms with E-state index in [9.17, 15) is 9.59 Å². The second-order valence-electron chi connectivity index (χ2n) is 6.90. The Labute approximate surface area is 162 Å². The van der Waals surface area contributed by atoms with E-state index in [4.69, 9.17) is 9.47 Å². The number of ether oxygens (including phenoxy) is 2. The third-order valence-electron chi connectivity index (χ3n) is 4.96. The summed E-state index contributed by atoms with van der Waals surface area (Å²) >= 11 is 0. The van der Waals surface area contributed by atoms with Crippen molar-refractivity contribution in [1.29, 1.82) is 0 Å². The number of carbonyl (C=O) groups excluding carboxylic acids is 2. The van der Waals surface area contributed by atoms with Crippen molar-refractivity contribution in [1.82, 2.24) is 10.3 Å². The molecule has 0 radical (unpaired) electrons. The number of aromatic nitrogens is 1. The minimum absolute atomic E-state index is 0.113. The van der Waals surface area contributed by atoms with Gasteiger partial charge in [-0.3, -0.25) is 9.59 Å². The number of hydrogen-bond donors (Lipinski definition) is 2. The Balaban J connectivity index is 1.36. The summed E-state index contributed by atoms with van der Waals surface area (Å²) < 4.78 is 11.0. The van der Waals surface area contributed by atoms with Crippen LogP contribution in [0.2, 0.25) is 0 Å². The van der Waals surface area contributed by atoms with Crippen LogP contribution in [0, 0.1) is 0 Å². The number of nitrogens with one attached hydrogen (secondary N) is 2. The molecule has 0 aliphatic carbocycles. The zero-order chi connectivity index (χ0) is 19.5. The van der Waals surface area contributed by atoms with Gasteiger partial charge in [0.25, 0.3) is 5.91 Å². The van der Waals surface area contributed by atoms with E-state index >= 15 is 0 Å². The van der Waals surface area contributed by atoms with E-state index in [1.54, 1.807) is 13.1 Å². The van der Waals surface area contributed by atoms with Crippen molar-refractivity contribution < 1.29 is 19.1 Å². The number of fused-ring (bicyclic) bond motifs is 2. The fourth-order valence-corrected chi connectivity index (χ4v) is 3.51. The van der Waals surface area contributed by atoms with E-state index in [-0.39, 0.29) is 18.4 Å². The standard InChI is InChI=1S/C22H22N2O4/c1-14(22(26)24-19-10-11-27-20-9-5-3-7-17(19)20)28-21(25)12-15-13-23-18-8-4-2-6-16(15)18/h2-9,13-14,19,23H,10-12H2,1H3,(H,24,26). The number of carbonyl (C=O) groups is 2. The molecule has 2 N–H and O–H groups in total. The summed E-state index contributed by atoms with van der Waals surface area (Å²) in [5.41, 5.74) is 2.76. The number of amides is 1. The molecule has 28 heavy (non-hydrogen) atoms. The first-order valence-electron chi connectivity index (χ1n) is 9.38. The SMILES string of the molecule is CC(OC(=O)Cc1c[nH]c2ccccc12)C(=O)NC1CCOc2ccccc21. The predicted octanol–water partition coefficient (Wildman–Crippen LogP) is 3.28. The van der Waals surface area contributed by atoms with E-state index in [0.29, 0.717) is 13.0 Å². The number of benzene rings is 2. The highest BCUT2D eigenvalue weighted by Gasteiger charge is 2.26. The lowest BCUT2D eigenvalue weighted by Crippen LogP contribution is -2.39. The summed E-state index contributed by atoms with van der Waals surface area (Å²) in [6.07, 6.45) is 1.73. The van der Waals surface area contributed by atoms with Crippen molar-refractivity contribution in [2.75, 3.05) is 6.61 Å². The van der Waals surface area contributed by atoms with Crippen LogP contribution in [0.1, 0.15) is 30.5 Å². The highest BCUT2D eigenvalue weighted by atomic mass is 16.5. The summed E-state index contributed by atoms with van der Waals surface area (Å²) in [6, 6.07) is 15.3. The summed E-state index contributed by atoms with van der Waals surface area (Å²) in [5, 5.41) is 3.95. The Bertz CT molecular complexity index is 1010. The molecule has 0 fully saturated rings. The molecule has 6 nitrogen and oxygen atoms in total. The lowest BCUT2D eigenvalue weighted by molar-refractivity contribution is -0.154. The zero-order valence-corrected chi connectivity index (χ0v) is 15.6. The normalized spacial score (nSPS) is 16.7. The molecule has 2 unspecified atom stereocenters. The summed E-state index contributed by atoms with van der Waals surface area (Å²) in [6.45, 7) is 2.13. The maximum Gasteiger partial charge on any atom is 0.311 e. The molecule has 144 valence electrons. The van der Waals surface area contributed by atoms with Gasteiger partial charge in [-0.1, -0.05) is 36.4 Å². The highest BCUT2D eigenvalue weighted by molar-refractivity contribution is 5.88. The van der Waals surface area contributed by atoms with Gasteiger partial charge in [0.1, 0.15) is 5.75 Å².